The molecule has 45 heavy (non-hydrogen) atoms. The standard InChI is InChI=1S/2C13H12O3S.2C5H5.Zr/c2*1-10-6-8-11(9-7-10)17(15,16)13-5-3-2-4-12(13)14;2*1-2-4-5-3-1;/h2*2-9,14H,1H3;2*1-3H,4H2;/q;;;;+2/p-2. The molecule has 2 aliphatic carbocycles. The molecule has 0 aromatic heterocycles. The fourth-order valence-corrected chi connectivity index (χ4v) is 16.8. The Labute approximate surface area is 270 Å². The molecule has 0 atom stereocenters. The van der Waals surface area contributed by atoms with E-state index in [1.165, 1.54) is 0 Å². The van der Waals surface area contributed by atoms with Crippen molar-refractivity contribution in [1.29, 1.82) is 0 Å². The van der Waals surface area contributed by atoms with Crippen molar-refractivity contribution in [2.24, 2.45) is 0 Å². The van der Waals surface area contributed by atoms with Gasteiger partial charge in [-0.25, -0.2) is 0 Å². The van der Waals surface area contributed by atoms with E-state index < -0.39 is 40.8 Å². The van der Waals surface area contributed by atoms with E-state index in [0.717, 1.165) is 17.7 Å². The Hall–Kier alpha value is -3.78. The van der Waals surface area contributed by atoms with Crippen LogP contribution < -0.4 is 5.63 Å². The SMILES string of the molecule is Cc1ccc(S(=O)(=O)c2ccccc2[O][Zr]([O]c2ccccc2S(=O)(=O)c2ccc(C)cc2)([C]2=CC=CC2)[C]2=CC=CC2)cc1. The number of sulfone groups is 2. The number of benzene rings is 4. The Morgan fingerprint density at radius 1 is 0.533 bits per heavy atom. The zero-order valence-electron chi connectivity index (χ0n) is 24.9. The summed E-state index contributed by atoms with van der Waals surface area (Å²) in [5.74, 6) is 0.349. The normalized spacial score (nSPS) is 14.7. The first-order chi connectivity index (χ1) is 21.6. The third-order valence-corrected chi connectivity index (χ3v) is 19.9. The van der Waals surface area contributed by atoms with E-state index in [1.807, 2.05) is 50.3 Å². The molecule has 228 valence electrons. The first-order valence-corrected chi connectivity index (χ1v) is 22.0. The van der Waals surface area contributed by atoms with Crippen LogP contribution in [0.3, 0.4) is 0 Å². The van der Waals surface area contributed by atoms with Crippen molar-refractivity contribution >= 4 is 19.7 Å². The summed E-state index contributed by atoms with van der Waals surface area (Å²) in [4.78, 5) is 0.363. The molecule has 4 aromatic rings. The van der Waals surface area contributed by atoms with E-state index in [-0.39, 0.29) is 31.1 Å². The van der Waals surface area contributed by atoms with Crippen molar-refractivity contribution in [2.45, 2.75) is 46.3 Å². The van der Waals surface area contributed by atoms with Crippen LogP contribution in [0.15, 0.2) is 160 Å². The first kappa shape index (κ1) is 31.2. The summed E-state index contributed by atoms with van der Waals surface area (Å²) in [6.45, 7) is 3.80. The molecule has 0 radical (unpaired) electrons. The second kappa shape index (κ2) is 12.5. The van der Waals surface area contributed by atoms with E-state index in [2.05, 4.69) is 0 Å². The molecular formula is C36H32O6S2Zr. The van der Waals surface area contributed by atoms with Crippen LogP contribution in [0.1, 0.15) is 24.0 Å². The summed E-state index contributed by atoms with van der Waals surface area (Å²) in [5, 5.41) is 0. The van der Waals surface area contributed by atoms with E-state index in [0.29, 0.717) is 12.8 Å². The van der Waals surface area contributed by atoms with Gasteiger partial charge in [0.2, 0.25) is 0 Å². The molecule has 0 saturated heterocycles. The Balaban J connectivity index is 1.51. The summed E-state index contributed by atoms with van der Waals surface area (Å²) >= 11 is -4.87. The van der Waals surface area contributed by atoms with Gasteiger partial charge in [0.1, 0.15) is 0 Å². The quantitative estimate of drug-likeness (QED) is 0.165. The number of aryl methyl sites for hydroxylation is 2. The summed E-state index contributed by atoms with van der Waals surface area (Å²) in [6, 6.07) is 26.6. The van der Waals surface area contributed by atoms with Gasteiger partial charge in [0, 0.05) is 0 Å². The average Bonchev–Trinajstić information content (AvgIpc) is 3.78. The van der Waals surface area contributed by atoms with Crippen molar-refractivity contribution in [1.82, 2.24) is 0 Å². The molecule has 2 aliphatic rings. The van der Waals surface area contributed by atoms with Crippen LogP contribution in [0.5, 0.6) is 11.5 Å². The van der Waals surface area contributed by atoms with Crippen molar-refractivity contribution in [3.8, 4) is 11.5 Å². The fourth-order valence-electron chi connectivity index (χ4n) is 5.38. The molecule has 4 aromatic carbocycles. The van der Waals surface area contributed by atoms with Crippen LogP contribution in [0.2, 0.25) is 0 Å². The van der Waals surface area contributed by atoms with E-state index in [4.69, 9.17) is 5.63 Å². The molecule has 0 bridgehead atoms. The monoisotopic (exact) mass is 714 g/mol. The van der Waals surface area contributed by atoms with Crippen LogP contribution in [0.25, 0.3) is 0 Å². The van der Waals surface area contributed by atoms with Gasteiger partial charge in [0.05, 0.1) is 0 Å². The minimum atomic E-state index is -4.87. The Morgan fingerprint density at radius 2 is 0.911 bits per heavy atom. The molecule has 0 heterocycles. The molecular weight excluding hydrogens is 684 g/mol. The van der Waals surface area contributed by atoms with E-state index in [9.17, 15) is 16.8 Å². The van der Waals surface area contributed by atoms with Crippen LogP contribution >= 0.6 is 0 Å². The van der Waals surface area contributed by atoms with Gasteiger partial charge < -0.3 is 0 Å². The van der Waals surface area contributed by atoms with Crippen LogP contribution in [0, 0.1) is 13.8 Å². The predicted molar refractivity (Wildman–Crippen MR) is 171 cm³/mol. The van der Waals surface area contributed by atoms with Gasteiger partial charge in [-0.2, -0.15) is 0 Å². The van der Waals surface area contributed by atoms with Crippen molar-refractivity contribution in [2.75, 3.05) is 0 Å². The van der Waals surface area contributed by atoms with Gasteiger partial charge in [0.15, 0.2) is 0 Å². The number of hydrogen-bond acceptors (Lipinski definition) is 6. The van der Waals surface area contributed by atoms with Crippen molar-refractivity contribution in [3.63, 3.8) is 0 Å². The molecule has 9 heteroatoms. The third kappa shape index (κ3) is 6.09. The van der Waals surface area contributed by atoms with Crippen LogP contribution in [-0.4, -0.2) is 16.8 Å². The predicted octanol–water partition coefficient (Wildman–Crippen LogP) is 8.10. The van der Waals surface area contributed by atoms with Gasteiger partial charge >= 0.3 is 272 Å². The molecule has 0 unspecified atom stereocenters. The number of para-hydroxylation sites is 2. The van der Waals surface area contributed by atoms with E-state index >= 15 is 0 Å². The van der Waals surface area contributed by atoms with Crippen molar-refractivity contribution in [3.05, 3.63) is 151 Å². The summed E-state index contributed by atoms with van der Waals surface area (Å²) in [6.07, 6.45) is 12.9. The zero-order chi connectivity index (χ0) is 31.7. The Bertz CT molecular complexity index is 1940. The minimum absolute atomic E-state index is 0.0252. The molecule has 0 fully saturated rings. The topological polar surface area (TPSA) is 86.7 Å². The fraction of sp³-hybridized carbons (Fsp3) is 0.111. The zero-order valence-corrected chi connectivity index (χ0v) is 29.0. The Kier molecular flexibility index (Phi) is 8.70. The number of rotatable bonds is 10. The van der Waals surface area contributed by atoms with Gasteiger partial charge in [-0.05, 0) is 0 Å². The molecule has 0 amide bonds. The molecule has 0 N–H and O–H groups in total. The first-order valence-electron chi connectivity index (χ1n) is 14.5. The molecule has 0 aliphatic heterocycles. The maximum absolute atomic E-state index is 14.0. The maximum atomic E-state index is 14.0. The molecule has 6 rings (SSSR count). The van der Waals surface area contributed by atoms with Crippen LogP contribution in [-0.2, 0) is 40.8 Å². The van der Waals surface area contributed by atoms with Gasteiger partial charge in [-0.1, -0.05) is 0 Å². The van der Waals surface area contributed by atoms with E-state index in [1.54, 1.807) is 97.1 Å². The average molecular weight is 716 g/mol. The molecule has 0 spiro atoms. The van der Waals surface area contributed by atoms with Gasteiger partial charge in [-0.3, -0.25) is 0 Å². The number of allylic oxidation sites excluding steroid dienone is 8. The summed E-state index contributed by atoms with van der Waals surface area (Å²) in [7, 11) is -7.93. The van der Waals surface area contributed by atoms with Crippen molar-refractivity contribution < 1.29 is 43.6 Å². The van der Waals surface area contributed by atoms with Crippen LogP contribution in [0.4, 0.5) is 0 Å². The second-order valence-corrected chi connectivity index (χ2v) is 22.0. The molecule has 6 nitrogen and oxygen atoms in total. The van der Waals surface area contributed by atoms with Gasteiger partial charge in [-0.15, -0.1) is 0 Å². The van der Waals surface area contributed by atoms with Gasteiger partial charge in [0.25, 0.3) is 0 Å². The molecule has 0 saturated carbocycles. The Morgan fingerprint density at radius 3 is 1.27 bits per heavy atom. The number of hydrogen-bond donors (Lipinski definition) is 0. The second-order valence-electron chi connectivity index (χ2n) is 11.0. The summed E-state index contributed by atoms with van der Waals surface area (Å²) < 4.78 is 71.8. The summed E-state index contributed by atoms with van der Waals surface area (Å²) in [5.41, 5.74) is 1.89. The third-order valence-electron chi connectivity index (χ3n) is 7.84.